The van der Waals surface area contributed by atoms with Crippen LogP contribution in [0.3, 0.4) is 0 Å². The standard InChI is InChI=1S/C14H17BrClNO2/c1-14(2,13(18)19)8-17-4-3-9-5-10(16)6-12(15)11(9)7-17/h5-6H,3-4,7-8H2,1-2H3,(H,18,19). The van der Waals surface area contributed by atoms with Crippen LogP contribution in [0.2, 0.25) is 5.02 Å². The van der Waals surface area contributed by atoms with Gasteiger partial charge in [-0.15, -0.1) is 0 Å². The highest BCUT2D eigenvalue weighted by Gasteiger charge is 2.31. The average molecular weight is 347 g/mol. The maximum atomic E-state index is 11.2. The smallest absolute Gasteiger partial charge is 0.310 e. The minimum absolute atomic E-state index is 0.552. The molecule has 0 amide bonds. The SMILES string of the molecule is CC(C)(CN1CCc2cc(Cl)cc(Br)c2C1)C(=O)O. The predicted molar refractivity (Wildman–Crippen MR) is 79.5 cm³/mol. The summed E-state index contributed by atoms with van der Waals surface area (Å²) in [4.78, 5) is 13.4. The molecule has 0 fully saturated rings. The van der Waals surface area contributed by atoms with Crippen LogP contribution in [0.1, 0.15) is 25.0 Å². The van der Waals surface area contributed by atoms with Gasteiger partial charge in [0.15, 0.2) is 0 Å². The van der Waals surface area contributed by atoms with Crippen molar-refractivity contribution in [1.82, 2.24) is 4.90 Å². The van der Waals surface area contributed by atoms with Gasteiger partial charge < -0.3 is 5.11 Å². The van der Waals surface area contributed by atoms with E-state index in [9.17, 15) is 9.90 Å². The zero-order chi connectivity index (χ0) is 14.2. The van der Waals surface area contributed by atoms with E-state index < -0.39 is 11.4 Å². The van der Waals surface area contributed by atoms with Crippen molar-refractivity contribution < 1.29 is 9.90 Å². The lowest BCUT2D eigenvalue weighted by Gasteiger charge is -2.34. The first-order chi connectivity index (χ1) is 8.79. The van der Waals surface area contributed by atoms with Crippen LogP contribution in [-0.4, -0.2) is 29.1 Å². The number of hydrogen-bond acceptors (Lipinski definition) is 2. The Hall–Kier alpha value is -0.580. The van der Waals surface area contributed by atoms with Crippen LogP contribution >= 0.6 is 27.5 Å². The van der Waals surface area contributed by atoms with E-state index in [2.05, 4.69) is 20.8 Å². The van der Waals surface area contributed by atoms with Gasteiger partial charge >= 0.3 is 5.97 Å². The van der Waals surface area contributed by atoms with E-state index in [0.29, 0.717) is 6.54 Å². The molecule has 0 aromatic heterocycles. The molecule has 1 aromatic rings. The number of carbonyl (C=O) groups is 1. The summed E-state index contributed by atoms with van der Waals surface area (Å²) in [5, 5.41) is 9.95. The fraction of sp³-hybridized carbons (Fsp3) is 0.500. The lowest BCUT2D eigenvalue weighted by molar-refractivity contribution is -0.148. The van der Waals surface area contributed by atoms with E-state index >= 15 is 0 Å². The molecule has 2 rings (SSSR count). The quantitative estimate of drug-likeness (QED) is 0.909. The van der Waals surface area contributed by atoms with Crippen LogP contribution in [0.5, 0.6) is 0 Å². The van der Waals surface area contributed by atoms with E-state index in [0.717, 1.165) is 29.0 Å². The molecule has 0 bridgehead atoms. The van der Waals surface area contributed by atoms with Gasteiger partial charge in [-0.2, -0.15) is 0 Å². The van der Waals surface area contributed by atoms with Crippen molar-refractivity contribution in [2.24, 2.45) is 5.41 Å². The van der Waals surface area contributed by atoms with Crippen molar-refractivity contribution in [2.75, 3.05) is 13.1 Å². The van der Waals surface area contributed by atoms with Crippen LogP contribution in [0.25, 0.3) is 0 Å². The zero-order valence-electron chi connectivity index (χ0n) is 11.0. The van der Waals surface area contributed by atoms with Gasteiger partial charge in [0.05, 0.1) is 5.41 Å². The van der Waals surface area contributed by atoms with Gasteiger partial charge in [-0.3, -0.25) is 9.69 Å². The van der Waals surface area contributed by atoms with E-state index in [-0.39, 0.29) is 0 Å². The lowest BCUT2D eigenvalue weighted by Crippen LogP contribution is -2.41. The molecule has 104 valence electrons. The Bertz CT molecular complexity index is 516. The Labute approximate surface area is 126 Å². The number of rotatable bonds is 3. The topological polar surface area (TPSA) is 40.5 Å². The third kappa shape index (κ3) is 3.30. The number of fused-ring (bicyclic) bond motifs is 1. The number of hydrogen-bond donors (Lipinski definition) is 1. The molecule has 1 aliphatic heterocycles. The molecule has 0 aliphatic carbocycles. The Kier molecular flexibility index (Phi) is 4.23. The number of nitrogens with zero attached hydrogens (tertiary/aromatic N) is 1. The minimum Gasteiger partial charge on any atom is -0.481 e. The zero-order valence-corrected chi connectivity index (χ0v) is 13.4. The van der Waals surface area contributed by atoms with Crippen LogP contribution < -0.4 is 0 Å². The second-order valence-corrected chi connectivity index (χ2v) is 6.97. The van der Waals surface area contributed by atoms with Crippen LogP contribution in [0.15, 0.2) is 16.6 Å². The molecule has 1 heterocycles. The summed E-state index contributed by atoms with van der Waals surface area (Å²) < 4.78 is 1.01. The molecule has 0 saturated carbocycles. The molecule has 1 N–H and O–H groups in total. The summed E-state index contributed by atoms with van der Waals surface area (Å²) in [7, 11) is 0. The summed E-state index contributed by atoms with van der Waals surface area (Å²) in [6, 6.07) is 3.90. The maximum absolute atomic E-state index is 11.2. The van der Waals surface area contributed by atoms with Crippen LogP contribution in [0.4, 0.5) is 0 Å². The van der Waals surface area contributed by atoms with Gasteiger partial charge in [0.25, 0.3) is 0 Å². The molecule has 0 spiro atoms. The monoisotopic (exact) mass is 345 g/mol. The third-order valence-corrected chi connectivity index (χ3v) is 4.46. The van der Waals surface area contributed by atoms with Crippen molar-refractivity contribution in [3.8, 4) is 0 Å². The summed E-state index contributed by atoms with van der Waals surface area (Å²) in [6.07, 6.45) is 0.907. The number of benzene rings is 1. The Morgan fingerprint density at radius 3 is 2.84 bits per heavy atom. The Balaban J connectivity index is 2.17. The highest BCUT2D eigenvalue weighted by atomic mass is 79.9. The second-order valence-electron chi connectivity index (χ2n) is 5.67. The molecule has 1 aromatic carbocycles. The van der Waals surface area contributed by atoms with Gasteiger partial charge in [0.1, 0.15) is 0 Å². The molecule has 0 atom stereocenters. The molecule has 0 unspecified atom stereocenters. The first-order valence-electron chi connectivity index (χ1n) is 6.22. The average Bonchev–Trinajstić information content (AvgIpc) is 2.29. The summed E-state index contributed by atoms with van der Waals surface area (Å²) in [5.74, 6) is -0.756. The molecule has 19 heavy (non-hydrogen) atoms. The lowest BCUT2D eigenvalue weighted by atomic mass is 9.91. The summed E-state index contributed by atoms with van der Waals surface area (Å²) in [5.41, 5.74) is 1.75. The summed E-state index contributed by atoms with van der Waals surface area (Å²) >= 11 is 9.59. The Morgan fingerprint density at radius 1 is 1.53 bits per heavy atom. The molecule has 5 heteroatoms. The fourth-order valence-corrected chi connectivity index (χ4v) is 3.40. The molecule has 0 saturated heterocycles. The first-order valence-corrected chi connectivity index (χ1v) is 7.39. The number of halogens is 2. The fourth-order valence-electron chi connectivity index (χ4n) is 2.40. The Morgan fingerprint density at radius 2 is 2.21 bits per heavy atom. The van der Waals surface area contributed by atoms with E-state index in [1.807, 2.05) is 12.1 Å². The number of aliphatic carboxylic acids is 1. The highest BCUT2D eigenvalue weighted by Crippen LogP contribution is 2.31. The van der Waals surface area contributed by atoms with Gasteiger partial charge in [0, 0.05) is 29.1 Å². The van der Waals surface area contributed by atoms with E-state index in [1.165, 1.54) is 11.1 Å². The van der Waals surface area contributed by atoms with Gasteiger partial charge in [0.2, 0.25) is 0 Å². The number of carboxylic acid groups (broad SMARTS) is 1. The van der Waals surface area contributed by atoms with Crippen molar-refractivity contribution in [1.29, 1.82) is 0 Å². The largest absolute Gasteiger partial charge is 0.481 e. The second kappa shape index (κ2) is 5.43. The summed E-state index contributed by atoms with van der Waals surface area (Å²) in [6.45, 7) is 5.72. The third-order valence-electron chi connectivity index (χ3n) is 3.53. The normalized spacial score (nSPS) is 16.2. The molecular weight excluding hydrogens is 330 g/mol. The van der Waals surface area contributed by atoms with Gasteiger partial charge in [-0.25, -0.2) is 0 Å². The van der Waals surface area contributed by atoms with E-state index in [1.54, 1.807) is 13.8 Å². The van der Waals surface area contributed by atoms with Crippen molar-refractivity contribution >= 4 is 33.5 Å². The van der Waals surface area contributed by atoms with Crippen LogP contribution in [-0.2, 0) is 17.8 Å². The predicted octanol–water partition coefficient (Wildman–Crippen LogP) is 3.57. The van der Waals surface area contributed by atoms with E-state index in [4.69, 9.17) is 11.6 Å². The van der Waals surface area contributed by atoms with Crippen molar-refractivity contribution in [3.63, 3.8) is 0 Å². The molecular formula is C14H17BrClNO2. The van der Waals surface area contributed by atoms with Crippen molar-refractivity contribution in [2.45, 2.75) is 26.8 Å². The molecule has 3 nitrogen and oxygen atoms in total. The minimum atomic E-state index is -0.756. The van der Waals surface area contributed by atoms with Crippen molar-refractivity contribution in [3.05, 3.63) is 32.8 Å². The van der Waals surface area contributed by atoms with Gasteiger partial charge in [-0.1, -0.05) is 27.5 Å². The highest BCUT2D eigenvalue weighted by molar-refractivity contribution is 9.10. The van der Waals surface area contributed by atoms with Gasteiger partial charge in [-0.05, 0) is 43.5 Å². The molecule has 1 aliphatic rings. The maximum Gasteiger partial charge on any atom is 0.310 e. The first kappa shape index (κ1) is 14.8. The number of carboxylic acids is 1. The molecule has 0 radical (unpaired) electrons. The van der Waals surface area contributed by atoms with Crippen LogP contribution in [0, 0.1) is 5.41 Å².